The van der Waals surface area contributed by atoms with Crippen LogP contribution in [0.25, 0.3) is 0 Å². The fraction of sp³-hybridized carbons (Fsp3) is 0.353. The first-order valence-electron chi connectivity index (χ1n) is 8.50. The molecule has 0 spiro atoms. The minimum absolute atomic E-state index is 0.100. The Kier molecular flexibility index (Phi) is 4.16. The maximum atomic E-state index is 13.6. The van der Waals surface area contributed by atoms with E-state index in [1.54, 1.807) is 32.3 Å². The number of halogens is 3. The highest BCUT2D eigenvalue weighted by molar-refractivity contribution is 6.03. The number of carbonyl (C=O) groups excluding carboxylic acids is 1. The van der Waals surface area contributed by atoms with Crippen LogP contribution in [0.2, 0.25) is 0 Å². The summed E-state index contributed by atoms with van der Waals surface area (Å²) in [6.45, 7) is 1.71. The van der Waals surface area contributed by atoms with Gasteiger partial charge >= 0.3 is 6.18 Å². The fourth-order valence-corrected chi connectivity index (χ4v) is 3.27. The van der Waals surface area contributed by atoms with Crippen LogP contribution in [0.1, 0.15) is 40.4 Å². The predicted molar refractivity (Wildman–Crippen MR) is 92.9 cm³/mol. The molecule has 11 heteroatoms. The maximum absolute atomic E-state index is 13.6. The van der Waals surface area contributed by atoms with E-state index in [1.807, 2.05) is 0 Å². The van der Waals surface area contributed by atoms with Crippen LogP contribution in [0.4, 0.5) is 24.7 Å². The summed E-state index contributed by atoms with van der Waals surface area (Å²) in [5.41, 5.74) is 0.927. The number of hydrogen-bond donors (Lipinski definition) is 2. The molecule has 28 heavy (non-hydrogen) atoms. The molecule has 0 bridgehead atoms. The Balaban J connectivity index is 1.65. The van der Waals surface area contributed by atoms with Crippen molar-refractivity contribution in [3.63, 3.8) is 0 Å². The highest BCUT2D eigenvalue weighted by atomic mass is 19.4. The molecule has 2 atom stereocenters. The molecule has 0 saturated heterocycles. The van der Waals surface area contributed by atoms with Crippen molar-refractivity contribution in [1.82, 2.24) is 19.6 Å². The Labute approximate surface area is 157 Å². The first-order valence-corrected chi connectivity index (χ1v) is 8.50. The van der Waals surface area contributed by atoms with Crippen molar-refractivity contribution in [1.29, 1.82) is 0 Å². The lowest BCUT2D eigenvalue weighted by molar-refractivity contribution is -0.174. The Hall–Kier alpha value is -3.24. The monoisotopic (exact) mass is 394 g/mol. The van der Waals surface area contributed by atoms with Crippen LogP contribution in [-0.4, -0.2) is 31.6 Å². The SMILES string of the molecule is Cc1nn(C)cc1NC(=O)c1cc2n(n1)[C@H](C(F)(F)F)C[C@H](c1ccco1)N2. The fourth-order valence-electron chi connectivity index (χ4n) is 3.27. The van der Waals surface area contributed by atoms with Gasteiger partial charge in [-0.2, -0.15) is 23.4 Å². The number of carbonyl (C=O) groups is 1. The molecular formula is C17H17F3N6O2. The van der Waals surface area contributed by atoms with Crippen molar-refractivity contribution in [2.24, 2.45) is 7.05 Å². The zero-order chi connectivity index (χ0) is 20.1. The second kappa shape index (κ2) is 6.43. The zero-order valence-electron chi connectivity index (χ0n) is 15.0. The van der Waals surface area contributed by atoms with Gasteiger partial charge in [0, 0.05) is 25.7 Å². The number of hydrogen-bond acceptors (Lipinski definition) is 5. The molecule has 3 aromatic heterocycles. The standard InChI is InChI=1S/C17H17F3N6O2/c1-9-12(8-25(2)23-9)22-16(27)11-7-15-21-10(13-4-3-5-28-13)6-14(17(18,19)20)26(15)24-11/h3-5,7-8,10,14,21H,6H2,1-2H3,(H,22,27)/t10-,14+/m1/s1. The van der Waals surface area contributed by atoms with E-state index in [0.29, 0.717) is 17.1 Å². The van der Waals surface area contributed by atoms with Crippen LogP contribution in [0, 0.1) is 6.92 Å². The zero-order valence-corrected chi connectivity index (χ0v) is 15.0. The van der Waals surface area contributed by atoms with E-state index < -0.39 is 24.2 Å². The van der Waals surface area contributed by atoms with Gasteiger partial charge in [0.2, 0.25) is 0 Å². The van der Waals surface area contributed by atoms with Gasteiger partial charge in [-0.25, -0.2) is 4.68 Å². The molecular weight excluding hydrogens is 377 g/mol. The average Bonchev–Trinajstić information content (AvgIpc) is 3.33. The van der Waals surface area contributed by atoms with Crippen molar-refractivity contribution in [3.8, 4) is 0 Å². The van der Waals surface area contributed by atoms with Crippen LogP contribution in [-0.2, 0) is 7.05 Å². The topological polar surface area (TPSA) is 89.9 Å². The number of nitrogens with one attached hydrogen (secondary N) is 2. The number of nitrogens with zero attached hydrogens (tertiary/aromatic N) is 4. The van der Waals surface area contributed by atoms with E-state index >= 15 is 0 Å². The first-order chi connectivity index (χ1) is 13.2. The van der Waals surface area contributed by atoms with Crippen molar-refractivity contribution in [2.75, 3.05) is 10.6 Å². The molecule has 0 fully saturated rings. The minimum atomic E-state index is -4.53. The Morgan fingerprint density at radius 3 is 2.79 bits per heavy atom. The number of furan rings is 1. The summed E-state index contributed by atoms with van der Waals surface area (Å²) >= 11 is 0. The van der Waals surface area contributed by atoms with Gasteiger partial charge in [0.15, 0.2) is 11.7 Å². The quantitative estimate of drug-likeness (QED) is 0.710. The number of amides is 1. The maximum Gasteiger partial charge on any atom is 0.410 e. The summed E-state index contributed by atoms with van der Waals surface area (Å²) in [5, 5.41) is 13.6. The molecule has 1 aliphatic rings. The molecule has 0 radical (unpaired) electrons. The van der Waals surface area contributed by atoms with Gasteiger partial charge in [-0.1, -0.05) is 0 Å². The molecule has 0 aromatic carbocycles. The van der Waals surface area contributed by atoms with Crippen LogP contribution < -0.4 is 10.6 Å². The Morgan fingerprint density at radius 1 is 1.39 bits per heavy atom. The van der Waals surface area contributed by atoms with E-state index in [9.17, 15) is 18.0 Å². The van der Waals surface area contributed by atoms with Crippen LogP contribution in [0.15, 0.2) is 35.1 Å². The lowest BCUT2D eigenvalue weighted by atomic mass is 10.0. The van der Waals surface area contributed by atoms with E-state index in [4.69, 9.17) is 4.42 Å². The van der Waals surface area contributed by atoms with E-state index in [-0.39, 0.29) is 17.9 Å². The first kappa shape index (κ1) is 18.1. The second-order valence-corrected chi connectivity index (χ2v) is 6.62. The number of aryl methyl sites for hydroxylation is 2. The highest BCUT2D eigenvalue weighted by Gasteiger charge is 2.47. The van der Waals surface area contributed by atoms with Gasteiger partial charge in [-0.05, 0) is 19.1 Å². The average molecular weight is 394 g/mol. The van der Waals surface area contributed by atoms with Crippen molar-refractivity contribution in [3.05, 3.63) is 47.8 Å². The van der Waals surface area contributed by atoms with Crippen LogP contribution >= 0.6 is 0 Å². The number of alkyl halides is 3. The smallest absolute Gasteiger partial charge is 0.410 e. The molecule has 1 amide bonds. The summed E-state index contributed by atoms with van der Waals surface area (Å²) in [7, 11) is 1.70. The Morgan fingerprint density at radius 2 is 2.18 bits per heavy atom. The molecule has 4 rings (SSSR count). The van der Waals surface area contributed by atoms with Gasteiger partial charge in [-0.3, -0.25) is 9.48 Å². The van der Waals surface area contributed by atoms with E-state index in [0.717, 1.165) is 4.68 Å². The van der Waals surface area contributed by atoms with Crippen LogP contribution in [0.5, 0.6) is 0 Å². The Bertz CT molecular complexity index is 1000. The molecule has 2 N–H and O–H groups in total. The molecule has 0 unspecified atom stereocenters. The van der Waals surface area contributed by atoms with Gasteiger partial charge in [0.05, 0.1) is 23.7 Å². The molecule has 0 saturated carbocycles. The molecule has 148 valence electrons. The lowest BCUT2D eigenvalue weighted by Gasteiger charge is -2.32. The van der Waals surface area contributed by atoms with Crippen LogP contribution in [0.3, 0.4) is 0 Å². The normalized spacial score (nSPS) is 19.2. The molecule has 4 heterocycles. The van der Waals surface area contributed by atoms with Crippen molar-refractivity contribution >= 4 is 17.4 Å². The third-order valence-electron chi connectivity index (χ3n) is 4.57. The number of aromatic nitrogens is 4. The largest absolute Gasteiger partial charge is 0.467 e. The van der Waals surface area contributed by atoms with Gasteiger partial charge in [0.25, 0.3) is 5.91 Å². The number of anilines is 2. The number of fused-ring (bicyclic) bond motifs is 1. The minimum Gasteiger partial charge on any atom is -0.467 e. The summed E-state index contributed by atoms with van der Waals surface area (Å²) in [6, 6.07) is 1.97. The highest BCUT2D eigenvalue weighted by Crippen LogP contribution is 2.43. The molecule has 3 aromatic rings. The summed E-state index contributed by atoms with van der Waals surface area (Å²) in [6.07, 6.45) is -1.82. The van der Waals surface area contributed by atoms with Gasteiger partial charge < -0.3 is 15.1 Å². The molecule has 0 aliphatic carbocycles. The van der Waals surface area contributed by atoms with E-state index in [1.165, 1.54) is 17.0 Å². The summed E-state index contributed by atoms with van der Waals surface area (Å²) in [4.78, 5) is 12.5. The van der Waals surface area contributed by atoms with E-state index in [2.05, 4.69) is 20.8 Å². The van der Waals surface area contributed by atoms with Crippen molar-refractivity contribution in [2.45, 2.75) is 31.6 Å². The third-order valence-corrected chi connectivity index (χ3v) is 4.57. The summed E-state index contributed by atoms with van der Waals surface area (Å²) < 4.78 is 48.4. The lowest BCUT2D eigenvalue weighted by Crippen LogP contribution is -2.35. The molecule has 1 aliphatic heterocycles. The van der Waals surface area contributed by atoms with Crippen molar-refractivity contribution < 1.29 is 22.4 Å². The van der Waals surface area contributed by atoms with Gasteiger partial charge in [-0.15, -0.1) is 0 Å². The summed E-state index contributed by atoms with van der Waals surface area (Å²) in [5.74, 6) is -0.128. The third kappa shape index (κ3) is 3.23. The predicted octanol–water partition coefficient (Wildman–Crippen LogP) is 3.43. The second-order valence-electron chi connectivity index (χ2n) is 6.62. The van der Waals surface area contributed by atoms with Gasteiger partial charge in [0.1, 0.15) is 11.6 Å². The number of rotatable bonds is 3. The molecule has 8 nitrogen and oxygen atoms in total.